The standard InChI is InChI=1S/C26H25NO6/c1-17-12-13-21(32-17)24(28)22-23(27(14-7-15-31-2)26(30)25(22)29)18-8-6-11-20(16-18)33-19-9-4-3-5-10-19/h3-6,8-13,16,23,29H,7,14-15H2,1-2H3/t23-/m1/s1. The van der Waals surface area contributed by atoms with Crippen molar-refractivity contribution in [3.8, 4) is 11.5 Å². The lowest BCUT2D eigenvalue weighted by molar-refractivity contribution is -0.129. The van der Waals surface area contributed by atoms with Gasteiger partial charge in [-0.05, 0) is 55.3 Å². The van der Waals surface area contributed by atoms with E-state index in [0.717, 1.165) is 0 Å². The van der Waals surface area contributed by atoms with Crippen LogP contribution in [0.15, 0.2) is 82.5 Å². The van der Waals surface area contributed by atoms with Crippen molar-refractivity contribution in [3.63, 3.8) is 0 Å². The van der Waals surface area contributed by atoms with Crippen molar-refractivity contribution in [1.29, 1.82) is 0 Å². The SMILES string of the molecule is COCCCN1C(=O)C(O)=C(C(=O)c2ccc(C)o2)[C@H]1c1cccc(Oc2ccccc2)c1. The minimum Gasteiger partial charge on any atom is -0.503 e. The lowest BCUT2D eigenvalue weighted by Crippen LogP contribution is -2.32. The molecular formula is C26H25NO6. The number of hydrogen-bond donors (Lipinski definition) is 1. The molecule has 0 unspecified atom stereocenters. The number of carbonyl (C=O) groups is 2. The molecule has 1 N–H and O–H groups in total. The summed E-state index contributed by atoms with van der Waals surface area (Å²) < 4.78 is 16.6. The van der Waals surface area contributed by atoms with Crippen LogP contribution in [-0.2, 0) is 9.53 Å². The number of carbonyl (C=O) groups excluding carboxylic acids is 2. The number of ketones is 1. The molecule has 0 fully saturated rings. The van der Waals surface area contributed by atoms with E-state index < -0.39 is 23.5 Å². The second-order valence-corrected chi connectivity index (χ2v) is 7.74. The zero-order valence-corrected chi connectivity index (χ0v) is 18.5. The third-order valence-electron chi connectivity index (χ3n) is 5.41. The molecule has 0 saturated carbocycles. The first kappa shape index (κ1) is 22.4. The molecule has 33 heavy (non-hydrogen) atoms. The molecule has 1 aliphatic heterocycles. The number of ether oxygens (including phenoxy) is 2. The Hall–Kier alpha value is -3.84. The van der Waals surface area contributed by atoms with Gasteiger partial charge in [0.1, 0.15) is 17.3 Å². The number of amides is 1. The number of furan rings is 1. The summed E-state index contributed by atoms with van der Waals surface area (Å²) in [6.45, 7) is 2.47. The van der Waals surface area contributed by atoms with Crippen LogP contribution in [0.1, 0.15) is 34.3 Å². The van der Waals surface area contributed by atoms with Crippen LogP contribution >= 0.6 is 0 Å². The van der Waals surface area contributed by atoms with Gasteiger partial charge in [-0.1, -0.05) is 30.3 Å². The van der Waals surface area contributed by atoms with Gasteiger partial charge in [-0.15, -0.1) is 0 Å². The highest BCUT2D eigenvalue weighted by molar-refractivity contribution is 6.15. The highest BCUT2D eigenvalue weighted by atomic mass is 16.5. The minimum absolute atomic E-state index is 0.0105. The number of hydrogen-bond acceptors (Lipinski definition) is 6. The Balaban J connectivity index is 1.72. The topological polar surface area (TPSA) is 89.2 Å². The number of aryl methyl sites for hydroxylation is 1. The summed E-state index contributed by atoms with van der Waals surface area (Å²) in [6.07, 6.45) is 0.549. The van der Waals surface area contributed by atoms with Crippen molar-refractivity contribution < 1.29 is 28.6 Å². The lowest BCUT2D eigenvalue weighted by atomic mass is 9.95. The zero-order chi connectivity index (χ0) is 23.4. The molecule has 4 rings (SSSR count). The number of aliphatic hydroxyl groups is 1. The van der Waals surface area contributed by atoms with Gasteiger partial charge in [-0.3, -0.25) is 9.59 Å². The largest absolute Gasteiger partial charge is 0.503 e. The number of rotatable bonds is 9. The number of para-hydroxylation sites is 1. The first-order chi connectivity index (χ1) is 16.0. The average Bonchev–Trinajstić information content (AvgIpc) is 3.36. The van der Waals surface area contributed by atoms with Crippen LogP contribution in [-0.4, -0.2) is 42.0 Å². The summed E-state index contributed by atoms with van der Waals surface area (Å²) in [5.74, 6) is 0.159. The van der Waals surface area contributed by atoms with E-state index >= 15 is 0 Å². The molecule has 7 nitrogen and oxygen atoms in total. The van der Waals surface area contributed by atoms with Gasteiger partial charge < -0.3 is 23.9 Å². The summed E-state index contributed by atoms with van der Waals surface area (Å²) in [7, 11) is 1.58. The minimum atomic E-state index is -0.786. The van der Waals surface area contributed by atoms with E-state index in [0.29, 0.717) is 42.4 Å². The summed E-state index contributed by atoms with van der Waals surface area (Å²) in [4.78, 5) is 27.8. The molecule has 2 aromatic carbocycles. The molecule has 1 aromatic heterocycles. The summed E-state index contributed by atoms with van der Waals surface area (Å²) in [5, 5.41) is 10.7. The van der Waals surface area contributed by atoms with E-state index in [1.54, 1.807) is 50.4 Å². The van der Waals surface area contributed by atoms with E-state index in [1.807, 2.05) is 30.3 Å². The smallest absolute Gasteiger partial charge is 0.290 e. The molecule has 1 amide bonds. The third-order valence-corrected chi connectivity index (χ3v) is 5.41. The normalized spacial score (nSPS) is 15.9. The fourth-order valence-electron chi connectivity index (χ4n) is 3.90. The van der Waals surface area contributed by atoms with Gasteiger partial charge in [-0.2, -0.15) is 0 Å². The van der Waals surface area contributed by atoms with Crippen LogP contribution in [0, 0.1) is 6.92 Å². The van der Waals surface area contributed by atoms with Crippen LogP contribution < -0.4 is 4.74 Å². The Morgan fingerprint density at radius 1 is 1.06 bits per heavy atom. The van der Waals surface area contributed by atoms with Gasteiger partial charge in [0.15, 0.2) is 11.5 Å². The predicted octanol–water partition coefficient (Wildman–Crippen LogP) is 5.00. The Morgan fingerprint density at radius 2 is 1.82 bits per heavy atom. The molecule has 1 aliphatic rings. The quantitative estimate of drug-likeness (QED) is 0.367. The van der Waals surface area contributed by atoms with E-state index in [1.165, 1.54) is 4.90 Å². The highest BCUT2D eigenvalue weighted by Crippen LogP contribution is 2.40. The van der Waals surface area contributed by atoms with Crippen molar-refractivity contribution >= 4 is 11.7 Å². The molecule has 0 radical (unpaired) electrons. The molecule has 0 aliphatic carbocycles. The molecule has 7 heteroatoms. The zero-order valence-electron chi connectivity index (χ0n) is 18.5. The first-order valence-electron chi connectivity index (χ1n) is 10.7. The Bertz CT molecular complexity index is 1180. The maximum absolute atomic E-state index is 13.3. The maximum atomic E-state index is 13.3. The molecule has 0 spiro atoms. The van der Waals surface area contributed by atoms with Gasteiger partial charge in [0.25, 0.3) is 5.91 Å². The van der Waals surface area contributed by atoms with Gasteiger partial charge in [0.05, 0.1) is 11.6 Å². The fourth-order valence-corrected chi connectivity index (χ4v) is 3.90. The maximum Gasteiger partial charge on any atom is 0.290 e. The second-order valence-electron chi connectivity index (χ2n) is 7.74. The monoisotopic (exact) mass is 447 g/mol. The number of nitrogens with zero attached hydrogens (tertiary/aromatic N) is 1. The lowest BCUT2D eigenvalue weighted by Gasteiger charge is -2.27. The number of aliphatic hydroxyl groups excluding tert-OH is 1. The number of benzene rings is 2. The average molecular weight is 447 g/mol. The Labute approximate surface area is 191 Å². The van der Waals surface area contributed by atoms with Crippen LogP contribution in [0.2, 0.25) is 0 Å². The van der Waals surface area contributed by atoms with Crippen LogP contribution in [0.3, 0.4) is 0 Å². The Kier molecular flexibility index (Phi) is 6.60. The van der Waals surface area contributed by atoms with E-state index in [-0.39, 0.29) is 11.3 Å². The number of methoxy groups -OCH3 is 1. The molecule has 170 valence electrons. The summed E-state index contributed by atoms with van der Waals surface area (Å²) >= 11 is 0. The molecule has 1 atom stereocenters. The fraction of sp³-hybridized carbons (Fsp3) is 0.231. The third kappa shape index (κ3) is 4.68. The van der Waals surface area contributed by atoms with E-state index in [9.17, 15) is 14.7 Å². The number of Topliss-reactive ketones (excluding diaryl/α,β-unsaturated/α-hetero) is 1. The van der Waals surface area contributed by atoms with Crippen LogP contribution in [0.4, 0.5) is 0 Å². The van der Waals surface area contributed by atoms with Gasteiger partial charge >= 0.3 is 0 Å². The van der Waals surface area contributed by atoms with Gasteiger partial charge in [0.2, 0.25) is 5.78 Å². The van der Waals surface area contributed by atoms with E-state index in [4.69, 9.17) is 13.9 Å². The van der Waals surface area contributed by atoms with Crippen molar-refractivity contribution in [2.45, 2.75) is 19.4 Å². The molecule has 2 heterocycles. The molecule has 0 saturated heterocycles. The van der Waals surface area contributed by atoms with Crippen molar-refractivity contribution in [1.82, 2.24) is 4.90 Å². The summed E-state index contributed by atoms with van der Waals surface area (Å²) in [5.41, 5.74) is 0.633. The van der Waals surface area contributed by atoms with Gasteiger partial charge in [-0.25, -0.2) is 0 Å². The Morgan fingerprint density at radius 3 is 2.52 bits per heavy atom. The molecule has 3 aromatic rings. The molecule has 0 bridgehead atoms. The second kappa shape index (κ2) is 9.75. The van der Waals surface area contributed by atoms with Crippen molar-refractivity contribution in [2.24, 2.45) is 0 Å². The predicted molar refractivity (Wildman–Crippen MR) is 121 cm³/mol. The van der Waals surface area contributed by atoms with Crippen LogP contribution in [0.5, 0.6) is 11.5 Å². The highest BCUT2D eigenvalue weighted by Gasteiger charge is 2.44. The molecular weight excluding hydrogens is 422 g/mol. The first-order valence-corrected chi connectivity index (χ1v) is 10.7. The van der Waals surface area contributed by atoms with E-state index in [2.05, 4.69) is 0 Å². The van der Waals surface area contributed by atoms with Crippen molar-refractivity contribution in [2.75, 3.05) is 20.3 Å². The van der Waals surface area contributed by atoms with Crippen molar-refractivity contribution in [3.05, 3.63) is 95.1 Å². The van der Waals surface area contributed by atoms with Crippen LogP contribution in [0.25, 0.3) is 0 Å². The summed E-state index contributed by atoms with van der Waals surface area (Å²) in [6, 6.07) is 18.9. The van der Waals surface area contributed by atoms with Gasteiger partial charge in [0, 0.05) is 20.3 Å².